The van der Waals surface area contributed by atoms with Crippen LogP contribution >= 0.6 is 0 Å². The third kappa shape index (κ3) is 6.27. The van der Waals surface area contributed by atoms with Crippen LogP contribution in [-0.4, -0.2) is 22.3 Å². The largest absolute Gasteiger partial charge is 0.399 e. The highest BCUT2D eigenvalue weighted by molar-refractivity contribution is 6.10. The molecular formula is C29H36N4O2. The van der Waals surface area contributed by atoms with E-state index in [0.29, 0.717) is 22.5 Å². The molecule has 2 amide bonds. The highest BCUT2D eigenvalue weighted by atomic mass is 16.2. The van der Waals surface area contributed by atoms with Gasteiger partial charge in [0.2, 0.25) is 5.91 Å². The minimum absolute atomic E-state index is 0.0478. The summed E-state index contributed by atoms with van der Waals surface area (Å²) in [5.74, 6) is -0.583. The zero-order chi connectivity index (χ0) is 26.0. The number of aromatic nitrogens is 1. The molecule has 0 saturated carbocycles. The standard InChI is InChI=1S/C29H36N4O2/c1-19-17-20(10-15-24(19)30)27(35)33(23-13-11-22(12-14-23)28(2,3)4)25(21-9-8-16-31-18-21)26(34)32-29(5,6)7/h8-18,25H,30H2,1-7H3,(H,32,34). The van der Waals surface area contributed by atoms with E-state index in [0.717, 1.165) is 11.1 Å². The number of amides is 2. The molecule has 35 heavy (non-hydrogen) atoms. The van der Waals surface area contributed by atoms with Crippen LogP contribution in [0.3, 0.4) is 0 Å². The van der Waals surface area contributed by atoms with Gasteiger partial charge in [0.25, 0.3) is 5.91 Å². The summed E-state index contributed by atoms with van der Waals surface area (Å²) in [6, 6.07) is 15.7. The minimum atomic E-state index is -0.922. The normalized spacial score (nSPS) is 12.7. The number of rotatable bonds is 5. The number of nitrogens with two attached hydrogens (primary N) is 1. The lowest BCUT2D eigenvalue weighted by Crippen LogP contribution is -2.49. The maximum absolute atomic E-state index is 14.1. The fourth-order valence-corrected chi connectivity index (χ4v) is 3.85. The van der Waals surface area contributed by atoms with Crippen molar-refractivity contribution < 1.29 is 9.59 Å². The molecule has 0 aliphatic carbocycles. The average molecular weight is 473 g/mol. The highest BCUT2D eigenvalue weighted by Crippen LogP contribution is 2.32. The van der Waals surface area contributed by atoms with Crippen molar-refractivity contribution in [3.05, 3.63) is 89.2 Å². The van der Waals surface area contributed by atoms with E-state index in [2.05, 4.69) is 31.1 Å². The van der Waals surface area contributed by atoms with Crippen molar-refractivity contribution in [1.29, 1.82) is 0 Å². The molecule has 1 atom stereocenters. The molecule has 0 bridgehead atoms. The number of pyridine rings is 1. The predicted molar refractivity (Wildman–Crippen MR) is 142 cm³/mol. The van der Waals surface area contributed by atoms with Gasteiger partial charge in [-0.05, 0) is 80.6 Å². The number of nitrogens with one attached hydrogen (secondary N) is 1. The number of carbonyl (C=O) groups is 2. The first-order chi connectivity index (χ1) is 16.3. The minimum Gasteiger partial charge on any atom is -0.399 e. The molecule has 184 valence electrons. The molecule has 0 spiro atoms. The molecular weight excluding hydrogens is 436 g/mol. The number of benzene rings is 2. The molecule has 1 aromatic heterocycles. The fourth-order valence-electron chi connectivity index (χ4n) is 3.85. The summed E-state index contributed by atoms with van der Waals surface area (Å²) in [5.41, 5.74) is 9.71. The van der Waals surface area contributed by atoms with Gasteiger partial charge in [-0.25, -0.2) is 0 Å². The van der Waals surface area contributed by atoms with Crippen LogP contribution in [-0.2, 0) is 10.2 Å². The molecule has 2 aromatic carbocycles. The van der Waals surface area contributed by atoms with Crippen molar-refractivity contribution in [2.24, 2.45) is 0 Å². The van der Waals surface area contributed by atoms with Crippen LogP contribution in [0.15, 0.2) is 67.0 Å². The fraction of sp³-hybridized carbons (Fsp3) is 0.345. The Morgan fingerprint density at radius 1 is 0.971 bits per heavy atom. The van der Waals surface area contributed by atoms with Gasteiger partial charge in [0.05, 0.1) is 0 Å². The molecule has 6 heteroatoms. The number of aryl methyl sites for hydroxylation is 1. The Morgan fingerprint density at radius 2 is 1.63 bits per heavy atom. The van der Waals surface area contributed by atoms with Crippen LogP contribution in [0.5, 0.6) is 0 Å². The Morgan fingerprint density at radius 3 is 2.14 bits per heavy atom. The maximum atomic E-state index is 14.1. The van der Waals surface area contributed by atoms with Gasteiger partial charge in [-0.15, -0.1) is 0 Å². The third-order valence-corrected chi connectivity index (χ3v) is 5.75. The quantitative estimate of drug-likeness (QED) is 0.475. The zero-order valence-electron chi connectivity index (χ0n) is 21.7. The van der Waals surface area contributed by atoms with Gasteiger partial charge in [0.15, 0.2) is 0 Å². The molecule has 6 nitrogen and oxygen atoms in total. The predicted octanol–water partition coefficient (Wildman–Crippen LogP) is 5.57. The molecule has 0 saturated heterocycles. The lowest BCUT2D eigenvalue weighted by Gasteiger charge is -2.34. The summed E-state index contributed by atoms with van der Waals surface area (Å²) in [6.45, 7) is 14.0. The van der Waals surface area contributed by atoms with E-state index in [4.69, 9.17) is 5.73 Å². The van der Waals surface area contributed by atoms with Crippen molar-refractivity contribution in [1.82, 2.24) is 10.3 Å². The molecule has 1 unspecified atom stereocenters. The van der Waals surface area contributed by atoms with E-state index < -0.39 is 11.6 Å². The van der Waals surface area contributed by atoms with Crippen LogP contribution in [0.2, 0.25) is 0 Å². The summed E-state index contributed by atoms with van der Waals surface area (Å²) < 4.78 is 0. The SMILES string of the molecule is Cc1cc(C(=O)N(c2ccc(C(C)(C)C)cc2)C(C(=O)NC(C)(C)C)c2cccnc2)ccc1N. The van der Waals surface area contributed by atoms with E-state index in [1.165, 1.54) is 0 Å². The Kier molecular flexibility index (Phi) is 7.34. The molecule has 0 radical (unpaired) electrons. The Balaban J connectivity index is 2.21. The summed E-state index contributed by atoms with van der Waals surface area (Å²) in [4.78, 5) is 33.5. The van der Waals surface area contributed by atoms with Gasteiger partial charge in [0, 0.05) is 40.4 Å². The maximum Gasteiger partial charge on any atom is 0.259 e. The number of nitrogen functional groups attached to an aromatic ring is 1. The lowest BCUT2D eigenvalue weighted by molar-refractivity contribution is -0.123. The summed E-state index contributed by atoms with van der Waals surface area (Å²) in [7, 11) is 0. The van der Waals surface area contributed by atoms with Gasteiger partial charge < -0.3 is 11.1 Å². The molecule has 3 N–H and O–H groups in total. The Hall–Kier alpha value is -3.67. The van der Waals surface area contributed by atoms with E-state index >= 15 is 0 Å². The van der Waals surface area contributed by atoms with Crippen molar-refractivity contribution in [2.45, 2.75) is 65.5 Å². The van der Waals surface area contributed by atoms with Crippen LogP contribution < -0.4 is 16.0 Å². The molecule has 0 aliphatic heterocycles. The van der Waals surface area contributed by atoms with Crippen LogP contribution in [0.1, 0.15) is 74.6 Å². The first-order valence-corrected chi connectivity index (χ1v) is 11.8. The number of anilines is 2. The smallest absolute Gasteiger partial charge is 0.259 e. The van der Waals surface area contributed by atoms with E-state index in [1.54, 1.807) is 41.6 Å². The van der Waals surface area contributed by atoms with E-state index in [-0.39, 0.29) is 17.2 Å². The van der Waals surface area contributed by atoms with Crippen LogP contribution in [0.25, 0.3) is 0 Å². The first kappa shape index (κ1) is 25.9. The van der Waals surface area contributed by atoms with Gasteiger partial charge in [0.1, 0.15) is 6.04 Å². The first-order valence-electron chi connectivity index (χ1n) is 11.8. The van der Waals surface area contributed by atoms with Crippen molar-refractivity contribution >= 4 is 23.2 Å². The Labute approximate surface area is 208 Å². The zero-order valence-corrected chi connectivity index (χ0v) is 21.7. The van der Waals surface area contributed by atoms with E-state index in [9.17, 15) is 9.59 Å². The second kappa shape index (κ2) is 9.90. The van der Waals surface area contributed by atoms with Crippen LogP contribution in [0.4, 0.5) is 11.4 Å². The van der Waals surface area contributed by atoms with Crippen molar-refractivity contribution in [2.75, 3.05) is 10.6 Å². The second-order valence-corrected chi connectivity index (χ2v) is 11.0. The molecule has 3 rings (SSSR count). The number of hydrogen-bond donors (Lipinski definition) is 2. The number of carbonyl (C=O) groups excluding carboxylic acids is 2. The number of hydrogen-bond acceptors (Lipinski definition) is 4. The second-order valence-electron chi connectivity index (χ2n) is 11.0. The lowest BCUT2D eigenvalue weighted by atomic mass is 9.87. The summed E-state index contributed by atoms with van der Waals surface area (Å²) in [6.07, 6.45) is 3.28. The molecule has 1 heterocycles. The summed E-state index contributed by atoms with van der Waals surface area (Å²) >= 11 is 0. The van der Waals surface area contributed by atoms with Gasteiger partial charge in [-0.3, -0.25) is 19.5 Å². The van der Waals surface area contributed by atoms with Crippen molar-refractivity contribution in [3.8, 4) is 0 Å². The van der Waals surface area contributed by atoms with Crippen molar-refractivity contribution in [3.63, 3.8) is 0 Å². The molecule has 0 fully saturated rings. The monoisotopic (exact) mass is 472 g/mol. The summed E-state index contributed by atoms with van der Waals surface area (Å²) in [5, 5.41) is 3.05. The molecule has 3 aromatic rings. The Bertz CT molecular complexity index is 1190. The average Bonchev–Trinajstić information content (AvgIpc) is 2.77. The van der Waals surface area contributed by atoms with Crippen LogP contribution in [0, 0.1) is 6.92 Å². The van der Waals surface area contributed by atoms with Gasteiger partial charge in [-0.1, -0.05) is 39.0 Å². The third-order valence-electron chi connectivity index (χ3n) is 5.75. The van der Waals surface area contributed by atoms with E-state index in [1.807, 2.05) is 58.0 Å². The van der Waals surface area contributed by atoms with Gasteiger partial charge >= 0.3 is 0 Å². The highest BCUT2D eigenvalue weighted by Gasteiger charge is 2.35. The van der Waals surface area contributed by atoms with Gasteiger partial charge in [-0.2, -0.15) is 0 Å². The topological polar surface area (TPSA) is 88.3 Å². The number of nitrogens with zero attached hydrogens (tertiary/aromatic N) is 2. The molecule has 0 aliphatic rings.